The van der Waals surface area contributed by atoms with Gasteiger partial charge in [0.2, 0.25) is 0 Å². The van der Waals surface area contributed by atoms with Gasteiger partial charge in [0.05, 0.1) is 12.2 Å². The number of rotatable bonds is 4. The van der Waals surface area contributed by atoms with Crippen LogP contribution in [0.25, 0.3) is 0 Å². The normalized spacial score (nSPS) is 20.2. The Morgan fingerprint density at radius 2 is 2.25 bits per heavy atom. The van der Waals surface area contributed by atoms with Crippen molar-refractivity contribution in [1.82, 2.24) is 0 Å². The number of nitriles is 1. The number of nitrogens with zero attached hydrogens (tertiary/aromatic N) is 1. The fourth-order valence-corrected chi connectivity index (χ4v) is 2.58. The molecule has 0 spiro atoms. The van der Waals surface area contributed by atoms with E-state index in [0.29, 0.717) is 6.42 Å². The minimum Gasteiger partial charge on any atom is -0.487 e. The second-order valence-corrected chi connectivity index (χ2v) is 6.44. The van der Waals surface area contributed by atoms with Crippen LogP contribution in [-0.4, -0.2) is 17.2 Å². The molecule has 1 aromatic carbocycles. The van der Waals surface area contributed by atoms with Crippen LogP contribution in [0, 0.1) is 11.3 Å². The Bertz CT molecular complexity index is 544. The standard InChI is InChI=1S/C16H22N2O2/c1-11(8-16(4,18)10-17)19-13-7-5-6-12-9-15(2,3)20-14(12)13/h5-7,11H,8-9,18H2,1-4H3. The Hall–Kier alpha value is -1.73. The van der Waals surface area contributed by atoms with Crippen molar-refractivity contribution < 1.29 is 9.47 Å². The SMILES string of the molecule is CC(CC(C)(N)C#N)Oc1cccc2c1OC(C)(C)C2. The van der Waals surface area contributed by atoms with Gasteiger partial charge in [0.1, 0.15) is 11.1 Å². The molecule has 0 aromatic heterocycles. The molecule has 1 aromatic rings. The number of hydrogen-bond donors (Lipinski definition) is 1. The van der Waals surface area contributed by atoms with Gasteiger partial charge >= 0.3 is 0 Å². The van der Waals surface area contributed by atoms with Crippen molar-refractivity contribution in [1.29, 1.82) is 5.26 Å². The van der Waals surface area contributed by atoms with E-state index in [9.17, 15) is 0 Å². The van der Waals surface area contributed by atoms with Crippen LogP contribution >= 0.6 is 0 Å². The van der Waals surface area contributed by atoms with Gasteiger partial charge in [0.15, 0.2) is 11.5 Å². The molecule has 0 saturated carbocycles. The summed E-state index contributed by atoms with van der Waals surface area (Å²) in [5.74, 6) is 1.55. The highest BCUT2D eigenvalue weighted by atomic mass is 16.5. The molecular weight excluding hydrogens is 252 g/mol. The molecule has 0 amide bonds. The predicted octanol–water partition coefficient (Wildman–Crippen LogP) is 2.80. The van der Waals surface area contributed by atoms with Crippen molar-refractivity contribution in [2.24, 2.45) is 5.73 Å². The highest BCUT2D eigenvalue weighted by molar-refractivity contribution is 5.50. The fraction of sp³-hybridized carbons (Fsp3) is 0.562. The zero-order chi connectivity index (χ0) is 15.0. The Morgan fingerprint density at radius 3 is 2.90 bits per heavy atom. The van der Waals surface area contributed by atoms with E-state index in [-0.39, 0.29) is 11.7 Å². The summed E-state index contributed by atoms with van der Waals surface area (Å²) < 4.78 is 11.9. The Labute approximate surface area is 120 Å². The molecule has 0 bridgehead atoms. The van der Waals surface area contributed by atoms with Crippen molar-refractivity contribution >= 4 is 0 Å². The quantitative estimate of drug-likeness (QED) is 0.916. The first-order chi connectivity index (χ1) is 9.22. The van der Waals surface area contributed by atoms with Crippen LogP contribution in [-0.2, 0) is 6.42 Å². The van der Waals surface area contributed by atoms with Crippen LogP contribution in [0.4, 0.5) is 0 Å². The molecule has 1 aliphatic rings. The van der Waals surface area contributed by atoms with Gasteiger partial charge in [0.25, 0.3) is 0 Å². The van der Waals surface area contributed by atoms with Gasteiger partial charge in [-0.1, -0.05) is 12.1 Å². The lowest BCUT2D eigenvalue weighted by atomic mass is 9.98. The van der Waals surface area contributed by atoms with Crippen molar-refractivity contribution in [3.63, 3.8) is 0 Å². The summed E-state index contributed by atoms with van der Waals surface area (Å²) in [6.45, 7) is 7.75. The van der Waals surface area contributed by atoms with E-state index >= 15 is 0 Å². The third kappa shape index (κ3) is 3.23. The van der Waals surface area contributed by atoms with Gasteiger partial charge in [0, 0.05) is 18.4 Å². The maximum Gasteiger partial charge on any atom is 0.165 e. The maximum atomic E-state index is 8.98. The first-order valence-electron chi connectivity index (χ1n) is 6.90. The van der Waals surface area contributed by atoms with Gasteiger partial charge in [-0.2, -0.15) is 5.26 Å². The van der Waals surface area contributed by atoms with E-state index in [1.165, 1.54) is 0 Å². The largest absolute Gasteiger partial charge is 0.487 e. The molecule has 0 radical (unpaired) electrons. The van der Waals surface area contributed by atoms with Crippen LogP contribution in [0.15, 0.2) is 18.2 Å². The topological polar surface area (TPSA) is 68.3 Å². The summed E-state index contributed by atoms with van der Waals surface area (Å²) in [5.41, 5.74) is 5.94. The molecule has 2 atom stereocenters. The molecule has 0 aliphatic carbocycles. The molecule has 108 valence electrons. The summed E-state index contributed by atoms with van der Waals surface area (Å²) in [4.78, 5) is 0. The van der Waals surface area contributed by atoms with Gasteiger partial charge in [-0.25, -0.2) is 0 Å². The van der Waals surface area contributed by atoms with Crippen LogP contribution < -0.4 is 15.2 Å². The average molecular weight is 274 g/mol. The molecule has 4 nitrogen and oxygen atoms in total. The van der Waals surface area contributed by atoms with Gasteiger partial charge < -0.3 is 15.2 Å². The first-order valence-corrected chi connectivity index (χ1v) is 6.90. The first kappa shape index (κ1) is 14.7. The highest BCUT2D eigenvalue weighted by Crippen LogP contribution is 2.42. The lowest BCUT2D eigenvalue weighted by Crippen LogP contribution is -2.38. The Balaban J connectivity index is 2.13. The number of fused-ring (bicyclic) bond motifs is 1. The number of nitrogens with two attached hydrogens (primary N) is 1. The number of benzene rings is 1. The van der Waals surface area contributed by atoms with Gasteiger partial charge in [-0.15, -0.1) is 0 Å². The summed E-state index contributed by atoms with van der Waals surface area (Å²) in [7, 11) is 0. The molecule has 0 fully saturated rings. The summed E-state index contributed by atoms with van der Waals surface area (Å²) in [6, 6.07) is 8.02. The molecule has 0 saturated heterocycles. The van der Waals surface area contributed by atoms with Crippen molar-refractivity contribution in [3.05, 3.63) is 23.8 Å². The fourth-order valence-electron chi connectivity index (χ4n) is 2.58. The van der Waals surface area contributed by atoms with E-state index in [1.54, 1.807) is 6.92 Å². The summed E-state index contributed by atoms with van der Waals surface area (Å²) in [6.07, 6.45) is 1.19. The highest BCUT2D eigenvalue weighted by Gasteiger charge is 2.33. The van der Waals surface area contributed by atoms with Crippen molar-refractivity contribution in [3.8, 4) is 17.6 Å². The van der Waals surface area contributed by atoms with E-state index in [1.807, 2.05) is 19.1 Å². The lowest BCUT2D eigenvalue weighted by molar-refractivity contribution is 0.124. The van der Waals surface area contributed by atoms with Gasteiger partial charge in [-0.3, -0.25) is 0 Å². The molecule has 1 heterocycles. The monoisotopic (exact) mass is 274 g/mol. The number of hydrogen-bond acceptors (Lipinski definition) is 4. The summed E-state index contributed by atoms with van der Waals surface area (Å²) >= 11 is 0. The molecule has 20 heavy (non-hydrogen) atoms. The minimum atomic E-state index is -0.877. The molecular formula is C16H22N2O2. The van der Waals surface area contributed by atoms with E-state index in [0.717, 1.165) is 23.5 Å². The van der Waals surface area contributed by atoms with Crippen LogP contribution in [0.2, 0.25) is 0 Å². The maximum absolute atomic E-state index is 8.98. The average Bonchev–Trinajstić information content (AvgIpc) is 2.63. The molecule has 4 heteroatoms. The molecule has 1 aliphatic heterocycles. The number of ether oxygens (including phenoxy) is 2. The molecule has 2 rings (SSSR count). The Morgan fingerprint density at radius 1 is 1.55 bits per heavy atom. The van der Waals surface area contributed by atoms with Crippen LogP contribution in [0.1, 0.15) is 39.7 Å². The van der Waals surface area contributed by atoms with Crippen molar-refractivity contribution in [2.75, 3.05) is 0 Å². The number of para-hydroxylation sites is 1. The third-order valence-corrected chi connectivity index (χ3v) is 3.35. The summed E-state index contributed by atoms with van der Waals surface area (Å²) in [5, 5.41) is 8.98. The van der Waals surface area contributed by atoms with E-state index in [2.05, 4.69) is 26.0 Å². The lowest BCUT2D eigenvalue weighted by Gasteiger charge is -2.23. The zero-order valence-corrected chi connectivity index (χ0v) is 12.6. The predicted molar refractivity (Wildman–Crippen MR) is 77.8 cm³/mol. The van der Waals surface area contributed by atoms with Crippen LogP contribution in [0.5, 0.6) is 11.5 Å². The Kier molecular flexibility index (Phi) is 3.66. The zero-order valence-electron chi connectivity index (χ0n) is 12.6. The molecule has 2 unspecified atom stereocenters. The van der Waals surface area contributed by atoms with Crippen molar-refractivity contribution in [2.45, 2.75) is 57.8 Å². The second kappa shape index (κ2) is 4.99. The molecule has 2 N–H and O–H groups in total. The van der Waals surface area contributed by atoms with Gasteiger partial charge in [-0.05, 0) is 33.8 Å². The van der Waals surface area contributed by atoms with E-state index in [4.69, 9.17) is 20.5 Å². The smallest absolute Gasteiger partial charge is 0.165 e. The third-order valence-electron chi connectivity index (χ3n) is 3.35. The minimum absolute atomic E-state index is 0.150. The van der Waals surface area contributed by atoms with Crippen LogP contribution in [0.3, 0.4) is 0 Å². The second-order valence-electron chi connectivity index (χ2n) is 6.44. The van der Waals surface area contributed by atoms with E-state index < -0.39 is 5.54 Å².